The van der Waals surface area contributed by atoms with Gasteiger partial charge < -0.3 is 15.2 Å². The second-order valence-corrected chi connectivity index (χ2v) is 2.92. The van der Waals surface area contributed by atoms with Gasteiger partial charge in [-0.15, -0.1) is 13.2 Å². The van der Waals surface area contributed by atoms with Gasteiger partial charge in [-0.3, -0.25) is 0 Å². The molecule has 0 bridgehead atoms. The lowest BCUT2D eigenvalue weighted by atomic mass is 10.2. The molecule has 96 valence electrons. The fraction of sp³-hybridized carbons (Fsp3) is 0.222. The van der Waals surface area contributed by atoms with Crippen molar-refractivity contribution >= 4 is 11.8 Å². The first-order valence-electron chi connectivity index (χ1n) is 4.33. The number of nitrogens with two attached hydrogens (primary N) is 1. The summed E-state index contributed by atoms with van der Waals surface area (Å²) in [6.45, 7) is 0. The number of alkyl halides is 3. The number of methoxy groups -OCH3 is 1. The fourth-order valence-corrected chi connectivity index (χ4v) is 1.10. The summed E-state index contributed by atoms with van der Waals surface area (Å²) in [4.78, 5) is 14.7. The number of carbonyl (C=O) groups excluding carboxylic acids is 1. The van der Waals surface area contributed by atoms with Gasteiger partial charge in [-0.05, 0) is 0 Å². The molecule has 2 N–H and O–H groups in total. The number of pyridine rings is 1. The van der Waals surface area contributed by atoms with Crippen molar-refractivity contribution in [2.75, 3.05) is 12.8 Å². The van der Waals surface area contributed by atoms with Crippen LogP contribution >= 0.6 is 0 Å². The van der Waals surface area contributed by atoms with Crippen LogP contribution in [0.5, 0.6) is 5.75 Å². The van der Waals surface area contributed by atoms with E-state index in [0.29, 0.717) is 6.07 Å². The Labute approximate surface area is 98.7 Å². The molecule has 0 aliphatic carbocycles. The maximum Gasteiger partial charge on any atom is 0.573 e. The van der Waals surface area contributed by atoms with Crippen molar-refractivity contribution in [3.8, 4) is 11.8 Å². The molecule has 0 unspecified atom stereocenters. The van der Waals surface area contributed by atoms with Crippen molar-refractivity contribution in [3.63, 3.8) is 0 Å². The molecule has 0 aliphatic heterocycles. The van der Waals surface area contributed by atoms with Gasteiger partial charge in [0.1, 0.15) is 17.5 Å². The van der Waals surface area contributed by atoms with Crippen molar-refractivity contribution in [3.05, 3.63) is 17.3 Å². The lowest BCUT2D eigenvalue weighted by molar-refractivity contribution is -0.274. The van der Waals surface area contributed by atoms with E-state index in [-0.39, 0.29) is 0 Å². The molecule has 9 heteroatoms. The molecule has 0 atom stereocenters. The van der Waals surface area contributed by atoms with Gasteiger partial charge in [-0.1, -0.05) is 0 Å². The summed E-state index contributed by atoms with van der Waals surface area (Å²) in [7, 11) is 0.985. The molecule has 18 heavy (non-hydrogen) atoms. The van der Waals surface area contributed by atoms with Crippen molar-refractivity contribution in [2.45, 2.75) is 6.36 Å². The van der Waals surface area contributed by atoms with E-state index in [4.69, 9.17) is 11.0 Å². The number of nitrogens with zero attached hydrogens (tertiary/aromatic N) is 2. The van der Waals surface area contributed by atoms with E-state index in [1.807, 2.05) is 0 Å². The van der Waals surface area contributed by atoms with Gasteiger partial charge in [0.15, 0.2) is 11.4 Å². The number of nitriles is 1. The molecule has 0 saturated carbocycles. The summed E-state index contributed by atoms with van der Waals surface area (Å²) in [5.41, 5.74) is 3.88. The SMILES string of the molecule is COC(=O)c1nc(N)cc(OC(F)(F)F)c1C#N. The number of halogens is 3. The van der Waals surface area contributed by atoms with E-state index in [1.165, 1.54) is 6.07 Å². The van der Waals surface area contributed by atoms with Crippen LogP contribution in [-0.2, 0) is 4.74 Å². The minimum atomic E-state index is -5.02. The minimum Gasteiger partial charge on any atom is -0.464 e. The highest BCUT2D eigenvalue weighted by Crippen LogP contribution is 2.29. The van der Waals surface area contributed by atoms with Gasteiger partial charge in [0, 0.05) is 6.07 Å². The molecule has 6 nitrogen and oxygen atoms in total. The zero-order chi connectivity index (χ0) is 13.9. The number of nitrogen functional groups attached to an aromatic ring is 1. The third-order valence-electron chi connectivity index (χ3n) is 1.72. The topological polar surface area (TPSA) is 98.2 Å². The normalized spacial score (nSPS) is 10.6. The Kier molecular flexibility index (Phi) is 3.61. The monoisotopic (exact) mass is 261 g/mol. The number of aromatic nitrogens is 1. The Hall–Kier alpha value is -2.50. The number of esters is 1. The number of ether oxygens (including phenoxy) is 2. The van der Waals surface area contributed by atoms with Gasteiger partial charge in [0.2, 0.25) is 0 Å². The number of hydrogen-bond donors (Lipinski definition) is 1. The second kappa shape index (κ2) is 4.79. The van der Waals surface area contributed by atoms with E-state index >= 15 is 0 Å². The Bertz CT molecular complexity index is 522. The maximum atomic E-state index is 12.1. The first kappa shape index (κ1) is 13.6. The zero-order valence-electron chi connectivity index (χ0n) is 8.91. The summed E-state index contributed by atoms with van der Waals surface area (Å²) >= 11 is 0. The minimum absolute atomic E-state index is 0.409. The van der Waals surface area contributed by atoms with Crippen molar-refractivity contribution in [2.24, 2.45) is 0 Å². The standard InChI is InChI=1S/C9H6F3N3O3/c1-17-8(16)7-4(3-13)5(2-6(14)15-7)18-9(10,11)12/h2H,1H3,(H2,14,15). The molecule has 1 aromatic rings. The molecule has 0 saturated heterocycles. The molecule has 1 aromatic heterocycles. The van der Waals surface area contributed by atoms with Gasteiger partial charge in [0.25, 0.3) is 0 Å². The number of anilines is 1. The summed E-state index contributed by atoms with van der Waals surface area (Å²) in [6.07, 6.45) is -5.02. The molecule has 0 fully saturated rings. The van der Waals surface area contributed by atoms with E-state index in [1.54, 1.807) is 0 Å². The third kappa shape index (κ3) is 3.00. The van der Waals surface area contributed by atoms with Crippen molar-refractivity contribution in [1.29, 1.82) is 5.26 Å². The lowest BCUT2D eigenvalue weighted by Crippen LogP contribution is -2.20. The molecule has 1 heterocycles. The number of rotatable bonds is 2. The van der Waals surface area contributed by atoms with Crippen LogP contribution < -0.4 is 10.5 Å². The number of hydrogen-bond acceptors (Lipinski definition) is 6. The van der Waals surface area contributed by atoms with Gasteiger partial charge in [-0.25, -0.2) is 9.78 Å². The highest BCUT2D eigenvalue weighted by molar-refractivity contribution is 5.91. The van der Waals surface area contributed by atoms with Crippen molar-refractivity contribution in [1.82, 2.24) is 4.98 Å². The van der Waals surface area contributed by atoms with E-state index < -0.39 is 35.2 Å². The van der Waals surface area contributed by atoms with Gasteiger partial charge >= 0.3 is 12.3 Å². The quantitative estimate of drug-likeness (QED) is 0.803. The van der Waals surface area contributed by atoms with Crippen LogP contribution in [0, 0.1) is 11.3 Å². The first-order valence-corrected chi connectivity index (χ1v) is 4.33. The van der Waals surface area contributed by atoms with Crippen LogP contribution in [0.3, 0.4) is 0 Å². The van der Waals surface area contributed by atoms with Gasteiger partial charge in [-0.2, -0.15) is 5.26 Å². The molecular weight excluding hydrogens is 255 g/mol. The van der Waals surface area contributed by atoms with Crippen molar-refractivity contribution < 1.29 is 27.4 Å². The molecule has 1 rings (SSSR count). The molecule has 0 aromatic carbocycles. The predicted octanol–water partition coefficient (Wildman–Crippen LogP) is 1.22. The Morgan fingerprint density at radius 3 is 2.61 bits per heavy atom. The van der Waals surface area contributed by atoms with Crippen LogP contribution in [0.15, 0.2) is 6.07 Å². The molecular formula is C9H6F3N3O3. The summed E-state index contributed by atoms with van der Waals surface area (Å²) in [5.74, 6) is -2.41. The van der Waals surface area contributed by atoms with Crippen LogP contribution in [0.25, 0.3) is 0 Å². The molecule has 0 spiro atoms. The highest BCUT2D eigenvalue weighted by atomic mass is 19.4. The summed E-state index contributed by atoms with van der Waals surface area (Å²) in [6, 6.07) is 2.08. The summed E-state index contributed by atoms with van der Waals surface area (Å²) in [5, 5.41) is 8.75. The highest BCUT2D eigenvalue weighted by Gasteiger charge is 2.34. The predicted molar refractivity (Wildman–Crippen MR) is 51.4 cm³/mol. The van der Waals surface area contributed by atoms with Crippen LogP contribution in [-0.4, -0.2) is 24.4 Å². The molecule has 0 aliphatic rings. The Morgan fingerprint density at radius 1 is 1.56 bits per heavy atom. The van der Waals surface area contributed by atoms with Gasteiger partial charge in [0.05, 0.1) is 7.11 Å². The first-order chi connectivity index (χ1) is 8.28. The third-order valence-corrected chi connectivity index (χ3v) is 1.72. The average Bonchev–Trinajstić information content (AvgIpc) is 2.25. The molecule has 0 radical (unpaired) electrons. The van der Waals surface area contributed by atoms with E-state index in [2.05, 4.69) is 14.5 Å². The lowest BCUT2D eigenvalue weighted by Gasteiger charge is -2.12. The summed E-state index contributed by atoms with van der Waals surface area (Å²) < 4.78 is 44.1. The zero-order valence-corrected chi connectivity index (χ0v) is 8.91. The van der Waals surface area contributed by atoms with E-state index in [0.717, 1.165) is 7.11 Å². The largest absolute Gasteiger partial charge is 0.573 e. The Balaban J connectivity index is 3.39. The van der Waals surface area contributed by atoms with Crippen LogP contribution in [0.2, 0.25) is 0 Å². The second-order valence-electron chi connectivity index (χ2n) is 2.92. The smallest absolute Gasteiger partial charge is 0.464 e. The maximum absolute atomic E-state index is 12.1. The fourth-order valence-electron chi connectivity index (χ4n) is 1.10. The Morgan fingerprint density at radius 2 is 2.17 bits per heavy atom. The average molecular weight is 261 g/mol. The van der Waals surface area contributed by atoms with E-state index in [9.17, 15) is 18.0 Å². The number of carbonyl (C=O) groups is 1. The van der Waals surface area contributed by atoms with Crippen LogP contribution in [0.1, 0.15) is 16.1 Å². The molecule has 0 amide bonds. The van der Waals surface area contributed by atoms with Crippen LogP contribution in [0.4, 0.5) is 19.0 Å².